The quantitative estimate of drug-likeness (QED) is 0.698. The molecule has 2 saturated heterocycles. The Bertz CT molecular complexity index is 973. The second-order valence-electron chi connectivity index (χ2n) is 8.40. The van der Waals surface area contributed by atoms with Crippen LogP contribution >= 0.6 is 0 Å². The van der Waals surface area contributed by atoms with Gasteiger partial charge in [-0.05, 0) is 30.5 Å². The van der Waals surface area contributed by atoms with Gasteiger partial charge in [-0.1, -0.05) is 42.5 Å². The number of hydrogen-bond donors (Lipinski definition) is 0. The first kappa shape index (κ1) is 22.0. The van der Waals surface area contributed by atoms with Crippen LogP contribution in [-0.2, 0) is 20.8 Å². The summed E-state index contributed by atoms with van der Waals surface area (Å²) >= 11 is 0. The average Bonchev–Trinajstić information content (AvgIpc) is 3.21. The summed E-state index contributed by atoms with van der Waals surface area (Å²) in [7, 11) is 0. The van der Waals surface area contributed by atoms with E-state index in [4.69, 9.17) is 0 Å². The van der Waals surface area contributed by atoms with Crippen molar-refractivity contribution < 1.29 is 18.8 Å². The molecule has 2 aromatic carbocycles. The monoisotopic (exact) mass is 437 g/mol. The number of rotatable bonds is 6. The Morgan fingerprint density at radius 3 is 2.28 bits per heavy atom. The lowest BCUT2D eigenvalue weighted by Gasteiger charge is -2.36. The molecule has 0 aliphatic carbocycles. The predicted octanol–water partition coefficient (Wildman–Crippen LogP) is 2.87. The first-order valence-electron chi connectivity index (χ1n) is 11.2. The molecule has 7 heteroatoms. The lowest BCUT2D eigenvalue weighted by molar-refractivity contribution is -0.142. The molecule has 2 fully saturated rings. The minimum Gasteiger partial charge on any atom is -0.339 e. The molecule has 2 aliphatic rings. The summed E-state index contributed by atoms with van der Waals surface area (Å²) in [6.07, 6.45) is 2.26. The van der Waals surface area contributed by atoms with Crippen LogP contribution in [0, 0.1) is 11.7 Å². The Morgan fingerprint density at radius 1 is 0.906 bits per heavy atom. The van der Waals surface area contributed by atoms with Crippen LogP contribution < -0.4 is 4.90 Å². The van der Waals surface area contributed by atoms with Gasteiger partial charge in [0, 0.05) is 45.6 Å². The molecule has 0 N–H and O–H groups in total. The molecule has 3 amide bonds. The summed E-state index contributed by atoms with van der Waals surface area (Å²) in [4.78, 5) is 42.8. The Hall–Kier alpha value is -3.22. The lowest BCUT2D eigenvalue weighted by Crippen LogP contribution is -2.52. The van der Waals surface area contributed by atoms with Gasteiger partial charge in [0.2, 0.25) is 17.7 Å². The van der Waals surface area contributed by atoms with E-state index in [9.17, 15) is 18.8 Å². The molecule has 0 radical (unpaired) electrons. The molecule has 0 bridgehead atoms. The molecule has 0 saturated carbocycles. The van der Waals surface area contributed by atoms with E-state index in [1.54, 1.807) is 23.1 Å². The fourth-order valence-electron chi connectivity index (χ4n) is 4.46. The Labute approximate surface area is 187 Å². The fraction of sp³-hybridized carbons (Fsp3) is 0.400. The van der Waals surface area contributed by atoms with E-state index >= 15 is 0 Å². The van der Waals surface area contributed by atoms with Gasteiger partial charge in [0.05, 0.1) is 11.6 Å². The van der Waals surface area contributed by atoms with Crippen LogP contribution in [-0.4, -0.2) is 60.2 Å². The Kier molecular flexibility index (Phi) is 6.83. The van der Waals surface area contributed by atoms with Crippen molar-refractivity contribution in [3.05, 3.63) is 66.0 Å². The zero-order chi connectivity index (χ0) is 22.5. The summed E-state index contributed by atoms with van der Waals surface area (Å²) in [5, 5.41) is 0. The molecule has 32 heavy (non-hydrogen) atoms. The minimum atomic E-state index is -0.477. The van der Waals surface area contributed by atoms with Gasteiger partial charge in [0.1, 0.15) is 5.82 Å². The first-order valence-corrected chi connectivity index (χ1v) is 11.2. The second-order valence-corrected chi connectivity index (χ2v) is 8.40. The largest absolute Gasteiger partial charge is 0.339 e. The van der Waals surface area contributed by atoms with Crippen LogP contribution in [0.4, 0.5) is 10.1 Å². The first-order chi connectivity index (χ1) is 15.5. The summed E-state index contributed by atoms with van der Waals surface area (Å²) in [6, 6.07) is 16.2. The Balaban J connectivity index is 1.24. The zero-order valence-corrected chi connectivity index (χ0v) is 18.1. The number of piperazine rings is 1. The van der Waals surface area contributed by atoms with E-state index in [0.717, 1.165) is 12.8 Å². The van der Waals surface area contributed by atoms with Crippen molar-refractivity contribution in [1.82, 2.24) is 9.80 Å². The van der Waals surface area contributed by atoms with E-state index in [1.807, 2.05) is 23.1 Å². The van der Waals surface area contributed by atoms with Gasteiger partial charge >= 0.3 is 0 Å². The van der Waals surface area contributed by atoms with Crippen LogP contribution in [0.25, 0.3) is 0 Å². The molecule has 4 rings (SSSR count). The van der Waals surface area contributed by atoms with Crippen LogP contribution in [0.2, 0.25) is 0 Å². The minimum absolute atomic E-state index is 0.0891. The smallest absolute Gasteiger partial charge is 0.228 e. The summed E-state index contributed by atoms with van der Waals surface area (Å²) in [5.41, 5.74) is 1.45. The van der Waals surface area contributed by atoms with Gasteiger partial charge in [0.25, 0.3) is 0 Å². The molecule has 1 unspecified atom stereocenters. The zero-order valence-electron chi connectivity index (χ0n) is 18.1. The average molecular weight is 438 g/mol. The van der Waals surface area contributed by atoms with Crippen molar-refractivity contribution in [2.24, 2.45) is 5.92 Å². The van der Waals surface area contributed by atoms with E-state index in [1.165, 1.54) is 16.5 Å². The molecule has 2 aromatic rings. The van der Waals surface area contributed by atoms with Crippen molar-refractivity contribution in [3.8, 4) is 0 Å². The highest BCUT2D eigenvalue weighted by Gasteiger charge is 2.38. The highest BCUT2D eigenvalue weighted by atomic mass is 19.1. The van der Waals surface area contributed by atoms with Crippen LogP contribution in [0.15, 0.2) is 54.6 Å². The number of hydrogen-bond acceptors (Lipinski definition) is 3. The van der Waals surface area contributed by atoms with E-state index in [-0.39, 0.29) is 36.4 Å². The normalized spacial score (nSPS) is 18.8. The molecule has 2 aliphatic heterocycles. The van der Waals surface area contributed by atoms with Gasteiger partial charge in [-0.3, -0.25) is 14.4 Å². The third-order valence-electron chi connectivity index (χ3n) is 6.26. The topological polar surface area (TPSA) is 60.9 Å². The molecule has 0 aromatic heterocycles. The van der Waals surface area contributed by atoms with Crippen molar-refractivity contribution in [2.75, 3.05) is 37.6 Å². The maximum Gasteiger partial charge on any atom is 0.228 e. The van der Waals surface area contributed by atoms with Crippen molar-refractivity contribution >= 4 is 23.4 Å². The number of nitrogens with zero attached hydrogens (tertiary/aromatic N) is 3. The van der Waals surface area contributed by atoms with Crippen LogP contribution in [0.3, 0.4) is 0 Å². The molecular formula is C25H28FN3O3. The predicted molar refractivity (Wildman–Crippen MR) is 119 cm³/mol. The molecule has 168 valence electrons. The van der Waals surface area contributed by atoms with Crippen molar-refractivity contribution in [2.45, 2.75) is 25.7 Å². The molecule has 0 spiro atoms. The molecule has 6 nitrogen and oxygen atoms in total. The van der Waals surface area contributed by atoms with Gasteiger partial charge in [-0.25, -0.2) is 4.39 Å². The SMILES string of the molecule is O=C(CCCc1ccccc1)N1CCN(C(=O)C2CC(=O)N(c3ccccc3F)C2)CC1. The van der Waals surface area contributed by atoms with Crippen LogP contribution in [0.5, 0.6) is 0 Å². The number of halogens is 1. The standard InChI is InChI=1S/C25H28FN3O3/c26-21-10-4-5-11-22(21)29-18-20(17-24(29)31)25(32)28-15-13-27(14-16-28)23(30)12-6-9-19-7-2-1-3-8-19/h1-5,7-8,10-11,20H,6,9,12-18H2. The maximum atomic E-state index is 14.1. The third-order valence-corrected chi connectivity index (χ3v) is 6.26. The second kappa shape index (κ2) is 9.94. The number of carbonyl (C=O) groups is 3. The lowest BCUT2D eigenvalue weighted by atomic mass is 10.1. The van der Waals surface area contributed by atoms with Gasteiger partial charge in [-0.15, -0.1) is 0 Å². The van der Waals surface area contributed by atoms with Gasteiger partial charge < -0.3 is 14.7 Å². The maximum absolute atomic E-state index is 14.1. The summed E-state index contributed by atoms with van der Waals surface area (Å²) in [5.74, 6) is -1.15. The van der Waals surface area contributed by atoms with E-state index in [2.05, 4.69) is 12.1 Å². The molecule has 2 heterocycles. The van der Waals surface area contributed by atoms with Crippen LogP contribution in [0.1, 0.15) is 24.8 Å². The molecule has 1 atom stereocenters. The number of anilines is 1. The van der Waals surface area contributed by atoms with Gasteiger partial charge in [0.15, 0.2) is 0 Å². The highest BCUT2D eigenvalue weighted by molar-refractivity contribution is 6.00. The number of aryl methyl sites for hydroxylation is 1. The number of carbonyl (C=O) groups excluding carboxylic acids is 3. The van der Waals surface area contributed by atoms with E-state index in [0.29, 0.717) is 32.6 Å². The molecular weight excluding hydrogens is 409 g/mol. The Morgan fingerprint density at radius 2 is 1.56 bits per heavy atom. The number of amides is 3. The van der Waals surface area contributed by atoms with Crippen molar-refractivity contribution in [3.63, 3.8) is 0 Å². The number of para-hydroxylation sites is 1. The third kappa shape index (κ3) is 4.98. The summed E-state index contributed by atoms with van der Waals surface area (Å²) < 4.78 is 14.1. The highest BCUT2D eigenvalue weighted by Crippen LogP contribution is 2.28. The fourth-order valence-corrected chi connectivity index (χ4v) is 4.46. The number of benzene rings is 2. The summed E-state index contributed by atoms with van der Waals surface area (Å²) in [6.45, 7) is 2.14. The van der Waals surface area contributed by atoms with Gasteiger partial charge in [-0.2, -0.15) is 0 Å². The van der Waals surface area contributed by atoms with Crippen molar-refractivity contribution in [1.29, 1.82) is 0 Å². The van der Waals surface area contributed by atoms with E-state index < -0.39 is 11.7 Å².